The fraction of sp³-hybridized carbons (Fsp3) is 0.778. The smallest absolute Gasteiger partial charge is 0.0583 e. The Morgan fingerprint density at radius 1 is 1.55 bits per heavy atom. The van der Waals surface area contributed by atoms with Gasteiger partial charge < -0.3 is 10.8 Å². The number of aliphatic hydroxyl groups is 1. The molecule has 0 aromatic carbocycles. The number of hydrogen-bond donors (Lipinski definition) is 2. The van der Waals surface area contributed by atoms with Crippen molar-refractivity contribution < 1.29 is 5.11 Å². The molecule has 1 rings (SSSR count). The summed E-state index contributed by atoms with van der Waals surface area (Å²) in [5.74, 6) is 0.462. The van der Waals surface area contributed by atoms with E-state index in [0.29, 0.717) is 12.5 Å². The number of nitrogens with two attached hydrogens (primary N) is 1. The zero-order chi connectivity index (χ0) is 8.10. The van der Waals surface area contributed by atoms with Gasteiger partial charge in [-0.25, -0.2) is 0 Å². The maximum absolute atomic E-state index is 9.56. The average Bonchev–Trinajstić information content (AvgIpc) is 2.07. The zero-order valence-electron chi connectivity index (χ0n) is 6.87. The molecule has 0 aromatic heterocycles. The van der Waals surface area contributed by atoms with E-state index in [1.54, 1.807) is 0 Å². The molecule has 0 aliphatic heterocycles. The van der Waals surface area contributed by atoms with Crippen LogP contribution in [0.5, 0.6) is 0 Å². The van der Waals surface area contributed by atoms with Gasteiger partial charge in [0, 0.05) is 0 Å². The summed E-state index contributed by atoms with van der Waals surface area (Å²) in [6.07, 6.45) is 8.19. The highest BCUT2D eigenvalue weighted by Gasteiger charge is 2.17. The number of rotatable bonds is 3. The minimum Gasteiger partial charge on any atom is -0.393 e. The van der Waals surface area contributed by atoms with Gasteiger partial charge in [-0.15, -0.1) is 0 Å². The lowest BCUT2D eigenvalue weighted by Crippen LogP contribution is -2.24. The first kappa shape index (κ1) is 8.75. The fourth-order valence-corrected chi connectivity index (χ4v) is 1.57. The van der Waals surface area contributed by atoms with Crippen molar-refractivity contribution in [3.8, 4) is 0 Å². The van der Waals surface area contributed by atoms with Crippen LogP contribution in [0.1, 0.15) is 25.7 Å². The Morgan fingerprint density at radius 3 is 2.91 bits per heavy atom. The predicted molar refractivity (Wildman–Crippen MR) is 46.2 cm³/mol. The molecule has 0 aromatic rings. The lowest BCUT2D eigenvalue weighted by atomic mass is 9.88. The van der Waals surface area contributed by atoms with E-state index in [1.165, 1.54) is 0 Å². The Labute approximate surface area is 68.1 Å². The average molecular weight is 155 g/mol. The maximum atomic E-state index is 9.56. The molecule has 11 heavy (non-hydrogen) atoms. The molecule has 2 nitrogen and oxygen atoms in total. The second-order valence-electron chi connectivity index (χ2n) is 3.19. The minimum absolute atomic E-state index is 0.176. The van der Waals surface area contributed by atoms with Crippen LogP contribution in [0.3, 0.4) is 0 Å². The van der Waals surface area contributed by atoms with Gasteiger partial charge in [-0.3, -0.25) is 0 Å². The van der Waals surface area contributed by atoms with Crippen molar-refractivity contribution in [2.45, 2.75) is 31.8 Å². The normalized spacial score (nSPS) is 26.9. The molecule has 2 atom stereocenters. The van der Waals surface area contributed by atoms with Crippen molar-refractivity contribution in [2.24, 2.45) is 11.7 Å². The first-order valence-corrected chi connectivity index (χ1v) is 4.37. The second-order valence-corrected chi connectivity index (χ2v) is 3.19. The van der Waals surface area contributed by atoms with Gasteiger partial charge in [-0.2, -0.15) is 0 Å². The molecule has 0 saturated heterocycles. The summed E-state index contributed by atoms with van der Waals surface area (Å²) >= 11 is 0. The largest absolute Gasteiger partial charge is 0.393 e. The second kappa shape index (κ2) is 4.52. The van der Waals surface area contributed by atoms with E-state index in [4.69, 9.17) is 5.73 Å². The molecule has 0 heterocycles. The van der Waals surface area contributed by atoms with Crippen LogP contribution in [0.4, 0.5) is 0 Å². The monoisotopic (exact) mass is 155 g/mol. The third-order valence-corrected chi connectivity index (χ3v) is 2.32. The van der Waals surface area contributed by atoms with Crippen LogP contribution in [0, 0.1) is 5.92 Å². The molecule has 0 spiro atoms. The van der Waals surface area contributed by atoms with Crippen molar-refractivity contribution in [2.75, 3.05) is 6.54 Å². The third-order valence-electron chi connectivity index (χ3n) is 2.32. The molecule has 1 aliphatic carbocycles. The molecule has 2 heteroatoms. The van der Waals surface area contributed by atoms with E-state index >= 15 is 0 Å². The number of aliphatic hydroxyl groups excluding tert-OH is 1. The standard InChI is InChI=1S/C9H17NO/c10-7-6-9(11)8-4-2-1-3-5-8/h1-2,8-9,11H,3-7,10H2/t8?,9-/m0/s1. The number of hydrogen-bond acceptors (Lipinski definition) is 2. The lowest BCUT2D eigenvalue weighted by molar-refractivity contribution is 0.0958. The molecular weight excluding hydrogens is 138 g/mol. The molecule has 0 amide bonds. The molecule has 3 N–H and O–H groups in total. The van der Waals surface area contributed by atoms with Crippen molar-refractivity contribution in [1.29, 1.82) is 0 Å². The van der Waals surface area contributed by atoms with Gasteiger partial charge in [0.25, 0.3) is 0 Å². The van der Waals surface area contributed by atoms with Crippen molar-refractivity contribution in [1.82, 2.24) is 0 Å². The van der Waals surface area contributed by atoms with E-state index < -0.39 is 0 Å². The van der Waals surface area contributed by atoms with Gasteiger partial charge >= 0.3 is 0 Å². The molecule has 0 radical (unpaired) electrons. The van der Waals surface area contributed by atoms with Crippen LogP contribution in [-0.2, 0) is 0 Å². The van der Waals surface area contributed by atoms with Crippen LogP contribution in [0.15, 0.2) is 12.2 Å². The lowest BCUT2D eigenvalue weighted by Gasteiger charge is -2.22. The first-order valence-electron chi connectivity index (χ1n) is 4.37. The summed E-state index contributed by atoms with van der Waals surface area (Å²) in [4.78, 5) is 0. The first-order chi connectivity index (χ1) is 5.34. The predicted octanol–water partition coefficient (Wildman–Crippen LogP) is 1.05. The van der Waals surface area contributed by atoms with Crippen molar-refractivity contribution in [3.63, 3.8) is 0 Å². The summed E-state index contributed by atoms with van der Waals surface area (Å²) in [6, 6.07) is 0. The Morgan fingerprint density at radius 2 is 2.36 bits per heavy atom. The van der Waals surface area contributed by atoms with E-state index in [9.17, 15) is 5.11 Å². The van der Waals surface area contributed by atoms with Crippen LogP contribution in [0.2, 0.25) is 0 Å². The highest BCUT2D eigenvalue weighted by Crippen LogP contribution is 2.22. The van der Waals surface area contributed by atoms with Gasteiger partial charge in [0.05, 0.1) is 6.10 Å². The summed E-state index contributed by atoms with van der Waals surface area (Å²) in [5, 5.41) is 9.56. The van der Waals surface area contributed by atoms with Crippen LogP contribution in [-0.4, -0.2) is 17.8 Å². The Kier molecular flexibility index (Phi) is 3.60. The molecule has 0 fully saturated rings. The molecular formula is C9H17NO. The van der Waals surface area contributed by atoms with Crippen molar-refractivity contribution in [3.05, 3.63) is 12.2 Å². The van der Waals surface area contributed by atoms with Crippen LogP contribution < -0.4 is 5.73 Å². The molecule has 64 valence electrons. The topological polar surface area (TPSA) is 46.2 Å². The van der Waals surface area contributed by atoms with Gasteiger partial charge in [0.1, 0.15) is 0 Å². The summed E-state index contributed by atoms with van der Waals surface area (Å²) < 4.78 is 0. The van der Waals surface area contributed by atoms with Gasteiger partial charge in [-0.05, 0) is 38.1 Å². The Balaban J connectivity index is 2.28. The highest BCUT2D eigenvalue weighted by molar-refractivity contribution is 4.92. The zero-order valence-corrected chi connectivity index (χ0v) is 6.87. The van der Waals surface area contributed by atoms with Gasteiger partial charge in [-0.1, -0.05) is 12.2 Å². The quantitative estimate of drug-likeness (QED) is 0.598. The van der Waals surface area contributed by atoms with Gasteiger partial charge in [0.2, 0.25) is 0 Å². The third kappa shape index (κ3) is 2.64. The fourth-order valence-electron chi connectivity index (χ4n) is 1.57. The van der Waals surface area contributed by atoms with E-state index in [0.717, 1.165) is 25.7 Å². The summed E-state index contributed by atoms with van der Waals surface area (Å²) in [6.45, 7) is 0.599. The van der Waals surface area contributed by atoms with Crippen molar-refractivity contribution >= 4 is 0 Å². The number of allylic oxidation sites excluding steroid dienone is 2. The Bertz CT molecular complexity index is 134. The molecule has 1 unspecified atom stereocenters. The summed E-state index contributed by atoms with van der Waals surface area (Å²) in [5.41, 5.74) is 5.36. The van der Waals surface area contributed by atoms with E-state index in [2.05, 4.69) is 12.2 Å². The SMILES string of the molecule is NCC[C@H](O)C1CC=CCC1. The Hall–Kier alpha value is -0.340. The van der Waals surface area contributed by atoms with Gasteiger partial charge in [0.15, 0.2) is 0 Å². The van der Waals surface area contributed by atoms with Crippen LogP contribution >= 0.6 is 0 Å². The summed E-state index contributed by atoms with van der Waals surface area (Å²) in [7, 11) is 0. The van der Waals surface area contributed by atoms with E-state index in [-0.39, 0.29) is 6.10 Å². The maximum Gasteiger partial charge on any atom is 0.0583 e. The minimum atomic E-state index is -0.176. The molecule has 1 aliphatic rings. The van der Waals surface area contributed by atoms with Crippen LogP contribution in [0.25, 0.3) is 0 Å². The molecule has 0 bridgehead atoms. The van der Waals surface area contributed by atoms with E-state index in [1.807, 2.05) is 0 Å². The molecule has 0 saturated carbocycles. The highest BCUT2D eigenvalue weighted by atomic mass is 16.3.